The van der Waals surface area contributed by atoms with E-state index in [-0.39, 0.29) is 18.0 Å². The summed E-state index contributed by atoms with van der Waals surface area (Å²) in [4.78, 5) is 21.9. The summed E-state index contributed by atoms with van der Waals surface area (Å²) in [5.74, 6) is -0.440. The first kappa shape index (κ1) is 17.0. The number of carbonyl (C=O) groups excluding carboxylic acids is 1. The number of aromatic hydroxyl groups is 1. The summed E-state index contributed by atoms with van der Waals surface area (Å²) in [5.41, 5.74) is 0.945. The van der Waals surface area contributed by atoms with Crippen LogP contribution < -0.4 is 4.74 Å². The van der Waals surface area contributed by atoms with Gasteiger partial charge in [-0.3, -0.25) is 9.59 Å². The summed E-state index contributed by atoms with van der Waals surface area (Å²) >= 11 is 0. The van der Waals surface area contributed by atoms with Gasteiger partial charge in [-0.05, 0) is 38.3 Å². The van der Waals surface area contributed by atoms with E-state index in [4.69, 9.17) is 9.84 Å². The van der Waals surface area contributed by atoms with Gasteiger partial charge in [0.2, 0.25) is 0 Å². The Morgan fingerprint density at radius 1 is 1.24 bits per heavy atom. The second-order valence-electron chi connectivity index (χ2n) is 4.94. The Morgan fingerprint density at radius 2 is 1.95 bits per heavy atom. The fourth-order valence-corrected chi connectivity index (χ4v) is 2.09. The molecular weight excluding hydrogens is 272 g/mol. The van der Waals surface area contributed by atoms with Crippen molar-refractivity contribution in [1.29, 1.82) is 0 Å². The molecule has 2 N–H and O–H groups in total. The molecule has 0 heterocycles. The number of Topliss-reactive ketones (excluding diaryl/α,β-unsaturated/α-hetero) is 1. The number of phenols is 1. The van der Waals surface area contributed by atoms with Crippen LogP contribution in [0.3, 0.4) is 0 Å². The number of ether oxygens (including phenoxy) is 1. The van der Waals surface area contributed by atoms with Crippen LogP contribution in [0.25, 0.3) is 0 Å². The van der Waals surface area contributed by atoms with E-state index in [0.717, 1.165) is 6.42 Å². The van der Waals surface area contributed by atoms with Crippen LogP contribution in [0, 0.1) is 0 Å². The van der Waals surface area contributed by atoms with Gasteiger partial charge in [-0.1, -0.05) is 13.3 Å². The molecule has 0 bridgehead atoms. The minimum Gasteiger partial charge on any atom is -0.507 e. The van der Waals surface area contributed by atoms with E-state index in [1.807, 2.05) is 6.92 Å². The van der Waals surface area contributed by atoms with Gasteiger partial charge in [0.1, 0.15) is 11.5 Å². The molecule has 0 spiro atoms. The summed E-state index contributed by atoms with van der Waals surface area (Å²) in [6.45, 7) is 3.79. The molecule has 0 amide bonds. The van der Waals surface area contributed by atoms with Gasteiger partial charge in [-0.2, -0.15) is 0 Å². The molecule has 5 heteroatoms. The maximum absolute atomic E-state index is 11.4. The summed E-state index contributed by atoms with van der Waals surface area (Å²) in [5, 5.41) is 18.7. The highest BCUT2D eigenvalue weighted by atomic mass is 16.5. The summed E-state index contributed by atoms with van der Waals surface area (Å²) in [6, 6.07) is 3.25. The Morgan fingerprint density at radius 3 is 2.52 bits per heavy atom. The fourth-order valence-electron chi connectivity index (χ4n) is 2.09. The molecule has 0 radical (unpaired) electrons. The molecule has 0 aliphatic rings. The van der Waals surface area contributed by atoms with E-state index in [1.54, 1.807) is 12.1 Å². The third-order valence-corrected chi connectivity index (χ3v) is 3.16. The van der Waals surface area contributed by atoms with E-state index in [0.29, 0.717) is 42.7 Å². The van der Waals surface area contributed by atoms with Crippen LogP contribution in [0.5, 0.6) is 11.5 Å². The molecule has 5 nitrogen and oxygen atoms in total. The molecular formula is C16H22O5. The Hall–Kier alpha value is -2.04. The molecule has 1 aromatic rings. The largest absolute Gasteiger partial charge is 0.507 e. The van der Waals surface area contributed by atoms with Crippen LogP contribution >= 0.6 is 0 Å². The normalized spacial score (nSPS) is 10.4. The second kappa shape index (κ2) is 8.29. The lowest BCUT2D eigenvalue weighted by Gasteiger charge is -2.14. The van der Waals surface area contributed by atoms with Crippen molar-refractivity contribution in [3.63, 3.8) is 0 Å². The quantitative estimate of drug-likeness (QED) is 0.540. The molecule has 0 unspecified atom stereocenters. The van der Waals surface area contributed by atoms with Crippen LogP contribution in [0.15, 0.2) is 12.1 Å². The van der Waals surface area contributed by atoms with Gasteiger partial charge >= 0.3 is 5.97 Å². The third kappa shape index (κ3) is 5.10. The molecule has 0 aliphatic heterocycles. The predicted octanol–water partition coefficient (Wildman–Crippen LogP) is 3.18. The minimum absolute atomic E-state index is 0.00705. The van der Waals surface area contributed by atoms with Crippen molar-refractivity contribution in [3.05, 3.63) is 23.3 Å². The number of aliphatic carboxylic acids is 1. The third-order valence-electron chi connectivity index (χ3n) is 3.16. The van der Waals surface area contributed by atoms with Crippen molar-refractivity contribution in [1.82, 2.24) is 0 Å². The van der Waals surface area contributed by atoms with Crippen LogP contribution in [0.1, 0.15) is 55.5 Å². The van der Waals surface area contributed by atoms with E-state index < -0.39 is 5.97 Å². The average Bonchev–Trinajstić information content (AvgIpc) is 2.41. The van der Waals surface area contributed by atoms with Gasteiger partial charge in [0, 0.05) is 12.0 Å². The second-order valence-corrected chi connectivity index (χ2v) is 4.94. The number of unbranched alkanes of at least 4 members (excludes halogenated alkanes) is 1. The van der Waals surface area contributed by atoms with Gasteiger partial charge in [0.05, 0.1) is 12.2 Å². The number of ketones is 1. The molecule has 0 saturated carbocycles. The minimum atomic E-state index is -0.815. The summed E-state index contributed by atoms with van der Waals surface area (Å²) in [6.07, 6.45) is 2.75. The van der Waals surface area contributed by atoms with Gasteiger partial charge in [0.25, 0.3) is 0 Å². The van der Waals surface area contributed by atoms with Crippen LogP contribution in [-0.2, 0) is 11.2 Å². The van der Waals surface area contributed by atoms with Crippen molar-refractivity contribution >= 4 is 11.8 Å². The van der Waals surface area contributed by atoms with E-state index >= 15 is 0 Å². The monoisotopic (exact) mass is 294 g/mol. The van der Waals surface area contributed by atoms with Crippen molar-refractivity contribution in [2.45, 2.75) is 46.0 Å². The average molecular weight is 294 g/mol. The van der Waals surface area contributed by atoms with Crippen molar-refractivity contribution in [3.8, 4) is 11.5 Å². The predicted molar refractivity (Wildman–Crippen MR) is 79.1 cm³/mol. The zero-order valence-corrected chi connectivity index (χ0v) is 12.5. The Bertz CT molecular complexity index is 508. The Labute approximate surface area is 124 Å². The lowest BCUT2D eigenvalue weighted by molar-refractivity contribution is -0.137. The van der Waals surface area contributed by atoms with Gasteiger partial charge < -0.3 is 14.9 Å². The molecule has 0 fully saturated rings. The number of carboxylic acid groups (broad SMARTS) is 1. The first-order valence-electron chi connectivity index (χ1n) is 7.17. The molecule has 0 atom stereocenters. The molecule has 0 aromatic heterocycles. The van der Waals surface area contributed by atoms with E-state index in [9.17, 15) is 14.7 Å². The highest BCUT2D eigenvalue weighted by Crippen LogP contribution is 2.33. The molecule has 1 aromatic carbocycles. The molecule has 0 aliphatic carbocycles. The molecule has 116 valence electrons. The standard InChI is InChI=1S/C16H22O5/c1-3-6-13-14(21-10-5-4-7-15(18)19)9-8-12(11(2)17)16(13)20/h8-9,20H,3-7,10H2,1-2H3,(H,18,19). The lowest BCUT2D eigenvalue weighted by Crippen LogP contribution is -2.04. The maximum Gasteiger partial charge on any atom is 0.303 e. The molecule has 0 saturated heterocycles. The zero-order valence-electron chi connectivity index (χ0n) is 12.5. The van der Waals surface area contributed by atoms with Crippen molar-refractivity contribution in [2.24, 2.45) is 0 Å². The lowest BCUT2D eigenvalue weighted by atomic mass is 10.0. The number of rotatable bonds is 9. The van der Waals surface area contributed by atoms with Crippen LogP contribution in [0.4, 0.5) is 0 Å². The highest BCUT2D eigenvalue weighted by molar-refractivity contribution is 5.97. The number of hydrogen-bond acceptors (Lipinski definition) is 4. The van der Waals surface area contributed by atoms with Crippen LogP contribution in [0.2, 0.25) is 0 Å². The van der Waals surface area contributed by atoms with Gasteiger partial charge in [-0.25, -0.2) is 0 Å². The number of phenolic OH excluding ortho intramolecular Hbond substituents is 1. The summed E-state index contributed by atoms with van der Waals surface area (Å²) in [7, 11) is 0. The number of carboxylic acids is 1. The van der Waals surface area contributed by atoms with Gasteiger partial charge in [0.15, 0.2) is 5.78 Å². The number of carbonyl (C=O) groups is 2. The number of hydrogen-bond donors (Lipinski definition) is 2. The van der Waals surface area contributed by atoms with Crippen molar-refractivity contribution in [2.75, 3.05) is 6.61 Å². The SMILES string of the molecule is CCCc1c(OCCCCC(=O)O)ccc(C(C)=O)c1O. The topological polar surface area (TPSA) is 83.8 Å². The summed E-state index contributed by atoms with van der Waals surface area (Å²) < 4.78 is 5.62. The maximum atomic E-state index is 11.4. The Kier molecular flexibility index (Phi) is 6.72. The van der Waals surface area contributed by atoms with Gasteiger partial charge in [-0.15, -0.1) is 0 Å². The van der Waals surface area contributed by atoms with E-state index in [1.165, 1.54) is 6.92 Å². The van der Waals surface area contributed by atoms with Crippen LogP contribution in [-0.4, -0.2) is 28.6 Å². The van der Waals surface area contributed by atoms with E-state index in [2.05, 4.69) is 0 Å². The highest BCUT2D eigenvalue weighted by Gasteiger charge is 2.15. The fraction of sp³-hybridized carbons (Fsp3) is 0.500. The first-order chi connectivity index (χ1) is 9.97. The zero-order chi connectivity index (χ0) is 15.8. The number of benzene rings is 1. The van der Waals surface area contributed by atoms with Crippen molar-refractivity contribution < 1.29 is 24.5 Å². The Balaban J connectivity index is 2.75. The molecule has 21 heavy (non-hydrogen) atoms. The first-order valence-corrected chi connectivity index (χ1v) is 7.17. The smallest absolute Gasteiger partial charge is 0.303 e. The molecule has 1 rings (SSSR count).